The van der Waals surface area contributed by atoms with Crippen molar-refractivity contribution in [1.29, 1.82) is 0 Å². The predicted molar refractivity (Wildman–Crippen MR) is 120 cm³/mol. The number of amides is 1. The molecule has 3 rings (SSSR count). The molecule has 0 aromatic heterocycles. The lowest BCUT2D eigenvalue weighted by Crippen LogP contribution is -2.30. The molecule has 5 nitrogen and oxygen atoms in total. The number of carbonyl (C=O) groups excluding carboxylic acids is 1. The Kier molecular flexibility index (Phi) is 6.62. The molecule has 1 atom stereocenters. The molecular weight excluding hydrogens is 404 g/mol. The summed E-state index contributed by atoms with van der Waals surface area (Å²) in [5.74, 6) is -0.140. The molecule has 3 aromatic rings. The molecule has 0 aliphatic rings. The van der Waals surface area contributed by atoms with E-state index in [9.17, 15) is 13.2 Å². The first-order valence-electron chi connectivity index (χ1n) is 9.33. The molecule has 7 heteroatoms. The third-order valence-electron chi connectivity index (χ3n) is 4.23. The molecule has 1 unspecified atom stereocenters. The highest BCUT2D eigenvalue weighted by molar-refractivity contribution is 8.00. The van der Waals surface area contributed by atoms with Gasteiger partial charge in [0.15, 0.2) is 0 Å². The van der Waals surface area contributed by atoms with E-state index in [0.717, 1.165) is 15.7 Å². The summed E-state index contributed by atoms with van der Waals surface area (Å²) in [6.45, 7) is 5.38. The van der Waals surface area contributed by atoms with Gasteiger partial charge < -0.3 is 5.32 Å². The zero-order valence-corrected chi connectivity index (χ0v) is 18.2. The van der Waals surface area contributed by atoms with Crippen molar-refractivity contribution in [1.82, 2.24) is 4.72 Å². The number of benzene rings is 3. The van der Waals surface area contributed by atoms with Crippen LogP contribution in [-0.2, 0) is 14.8 Å². The van der Waals surface area contributed by atoms with Gasteiger partial charge in [-0.3, -0.25) is 4.79 Å². The lowest BCUT2D eigenvalue weighted by Gasteiger charge is -2.13. The third kappa shape index (κ3) is 5.59. The SMILES string of the molecule is CC(C)NS(=O)(=O)c1ccc(NC(=O)C(C)Sc2ccc3ccccc3c2)cc1. The maximum absolute atomic E-state index is 12.5. The molecule has 29 heavy (non-hydrogen) atoms. The Labute approximate surface area is 176 Å². The van der Waals surface area contributed by atoms with Crippen molar-refractivity contribution >= 4 is 44.2 Å². The summed E-state index contributed by atoms with van der Waals surface area (Å²) in [5.41, 5.74) is 0.560. The van der Waals surface area contributed by atoms with Crippen LogP contribution in [0.2, 0.25) is 0 Å². The van der Waals surface area contributed by atoms with Gasteiger partial charge >= 0.3 is 0 Å². The third-order valence-corrected chi connectivity index (χ3v) is 6.99. The maximum atomic E-state index is 12.5. The van der Waals surface area contributed by atoms with Crippen LogP contribution < -0.4 is 10.0 Å². The van der Waals surface area contributed by atoms with Crippen LogP contribution in [0.15, 0.2) is 76.5 Å². The second kappa shape index (κ2) is 8.98. The number of hydrogen-bond donors (Lipinski definition) is 2. The molecule has 0 bridgehead atoms. The average Bonchev–Trinajstić information content (AvgIpc) is 2.67. The van der Waals surface area contributed by atoms with Crippen molar-refractivity contribution in [3.63, 3.8) is 0 Å². The van der Waals surface area contributed by atoms with E-state index in [-0.39, 0.29) is 22.1 Å². The Morgan fingerprint density at radius 1 is 0.897 bits per heavy atom. The fourth-order valence-electron chi connectivity index (χ4n) is 2.84. The zero-order chi connectivity index (χ0) is 21.0. The van der Waals surface area contributed by atoms with Gasteiger partial charge in [-0.2, -0.15) is 0 Å². The van der Waals surface area contributed by atoms with Crippen LogP contribution in [0.25, 0.3) is 10.8 Å². The predicted octanol–water partition coefficient (Wildman–Crippen LogP) is 4.65. The fourth-order valence-corrected chi connectivity index (χ4v) is 5.00. The van der Waals surface area contributed by atoms with Crippen molar-refractivity contribution in [3.8, 4) is 0 Å². The van der Waals surface area contributed by atoms with Gasteiger partial charge in [0.1, 0.15) is 0 Å². The Bertz CT molecular complexity index is 1110. The van der Waals surface area contributed by atoms with Gasteiger partial charge in [0, 0.05) is 16.6 Å². The number of hydrogen-bond acceptors (Lipinski definition) is 4. The van der Waals surface area contributed by atoms with Crippen LogP contribution in [0.3, 0.4) is 0 Å². The van der Waals surface area contributed by atoms with E-state index < -0.39 is 10.0 Å². The van der Waals surface area contributed by atoms with Gasteiger partial charge in [-0.25, -0.2) is 13.1 Å². The van der Waals surface area contributed by atoms with E-state index in [1.54, 1.807) is 26.0 Å². The number of rotatable bonds is 7. The number of carbonyl (C=O) groups is 1. The highest BCUT2D eigenvalue weighted by atomic mass is 32.2. The first-order chi connectivity index (χ1) is 13.7. The topological polar surface area (TPSA) is 75.3 Å². The van der Waals surface area contributed by atoms with E-state index in [1.807, 2.05) is 37.3 Å². The zero-order valence-electron chi connectivity index (χ0n) is 16.5. The molecular formula is C22H24N2O3S2. The van der Waals surface area contributed by atoms with Crippen molar-refractivity contribution in [2.24, 2.45) is 0 Å². The second-order valence-corrected chi connectivity index (χ2v) is 10.2. The van der Waals surface area contributed by atoms with Crippen molar-refractivity contribution in [3.05, 3.63) is 66.7 Å². The molecule has 0 spiro atoms. The lowest BCUT2D eigenvalue weighted by atomic mass is 10.1. The molecule has 0 aliphatic carbocycles. The Morgan fingerprint density at radius 2 is 1.55 bits per heavy atom. The molecule has 0 radical (unpaired) electrons. The number of thioether (sulfide) groups is 1. The first-order valence-corrected chi connectivity index (χ1v) is 11.7. The monoisotopic (exact) mass is 428 g/mol. The quantitative estimate of drug-likeness (QED) is 0.537. The molecule has 1 amide bonds. The standard InChI is InChI=1S/C22H24N2O3S2/c1-15(2)24-29(26,27)21-12-9-19(10-13-21)23-22(25)16(3)28-20-11-8-17-6-4-5-7-18(17)14-20/h4-16,24H,1-3H3,(H,23,25). The normalized spacial score (nSPS) is 12.8. The molecule has 0 aliphatic heterocycles. The maximum Gasteiger partial charge on any atom is 0.240 e. The minimum Gasteiger partial charge on any atom is -0.325 e. The van der Waals surface area contributed by atoms with Gasteiger partial charge in [-0.15, -0.1) is 11.8 Å². The molecule has 3 aromatic carbocycles. The van der Waals surface area contributed by atoms with Crippen LogP contribution in [0.5, 0.6) is 0 Å². The molecule has 0 saturated heterocycles. The van der Waals surface area contributed by atoms with Crippen molar-refractivity contribution < 1.29 is 13.2 Å². The highest BCUT2D eigenvalue weighted by Gasteiger charge is 2.17. The van der Waals surface area contributed by atoms with Crippen molar-refractivity contribution in [2.75, 3.05) is 5.32 Å². The van der Waals surface area contributed by atoms with E-state index in [0.29, 0.717) is 5.69 Å². The van der Waals surface area contributed by atoms with Crippen molar-refractivity contribution in [2.45, 2.75) is 41.9 Å². The summed E-state index contributed by atoms with van der Waals surface area (Å²) in [7, 11) is -3.55. The highest BCUT2D eigenvalue weighted by Crippen LogP contribution is 2.27. The van der Waals surface area contributed by atoms with Crippen LogP contribution in [0.4, 0.5) is 5.69 Å². The summed E-state index contributed by atoms with van der Waals surface area (Å²) >= 11 is 1.48. The largest absolute Gasteiger partial charge is 0.325 e. The lowest BCUT2D eigenvalue weighted by molar-refractivity contribution is -0.115. The molecule has 152 valence electrons. The fraction of sp³-hybridized carbons (Fsp3) is 0.227. The van der Waals surface area contributed by atoms with Crippen LogP contribution in [0.1, 0.15) is 20.8 Å². The molecule has 0 fully saturated rings. The Hall–Kier alpha value is -2.35. The number of nitrogens with one attached hydrogen (secondary N) is 2. The minimum absolute atomic E-state index is 0.140. The first kappa shape index (κ1) is 21.4. The van der Waals surface area contributed by atoms with E-state index in [1.165, 1.54) is 23.9 Å². The molecule has 0 heterocycles. The summed E-state index contributed by atoms with van der Waals surface area (Å²) in [5, 5.41) is 4.84. The Morgan fingerprint density at radius 3 is 2.21 bits per heavy atom. The summed E-state index contributed by atoms with van der Waals surface area (Å²) in [6, 6.07) is 20.2. The molecule has 2 N–H and O–H groups in total. The van der Waals surface area contributed by atoms with Gasteiger partial charge in [0.2, 0.25) is 15.9 Å². The van der Waals surface area contributed by atoms with Gasteiger partial charge in [-0.1, -0.05) is 30.3 Å². The van der Waals surface area contributed by atoms with Gasteiger partial charge in [-0.05, 0) is 67.9 Å². The van der Waals surface area contributed by atoms with Crippen LogP contribution >= 0.6 is 11.8 Å². The van der Waals surface area contributed by atoms with Gasteiger partial charge in [0.05, 0.1) is 10.1 Å². The second-order valence-electron chi connectivity index (χ2n) is 7.06. The van der Waals surface area contributed by atoms with E-state index in [2.05, 4.69) is 22.2 Å². The summed E-state index contributed by atoms with van der Waals surface area (Å²) in [4.78, 5) is 13.7. The van der Waals surface area contributed by atoms with Crippen LogP contribution in [0, 0.1) is 0 Å². The van der Waals surface area contributed by atoms with E-state index in [4.69, 9.17) is 0 Å². The summed E-state index contributed by atoms with van der Waals surface area (Å²) < 4.78 is 26.9. The smallest absolute Gasteiger partial charge is 0.240 e. The molecule has 0 saturated carbocycles. The van der Waals surface area contributed by atoms with Gasteiger partial charge in [0.25, 0.3) is 0 Å². The average molecular weight is 429 g/mol. The number of fused-ring (bicyclic) bond motifs is 1. The minimum atomic E-state index is -3.55. The Balaban J connectivity index is 1.64. The summed E-state index contributed by atoms with van der Waals surface area (Å²) in [6.07, 6.45) is 0. The van der Waals surface area contributed by atoms with Crippen LogP contribution in [-0.4, -0.2) is 25.6 Å². The van der Waals surface area contributed by atoms with E-state index >= 15 is 0 Å². The number of sulfonamides is 1. The number of anilines is 1.